The zero-order valence-electron chi connectivity index (χ0n) is 5.58. The normalized spacial score (nSPS) is 12.3. The third-order valence-electron chi connectivity index (χ3n) is 0.399. The molecular weight excluding hydrogens is 289 g/mol. The maximum absolute atomic E-state index is 10.1. The molecule has 0 saturated carbocycles. The van der Waals surface area contributed by atoms with Gasteiger partial charge in [-0.3, -0.25) is 0 Å². The second kappa shape index (κ2) is 10.2. The van der Waals surface area contributed by atoms with Gasteiger partial charge in [0.05, 0.1) is 5.34 Å². The Balaban J connectivity index is -0.000000140. The topological polar surface area (TPSA) is 23.1 Å². The van der Waals surface area contributed by atoms with Crippen LogP contribution in [0.3, 0.4) is 0 Å². The molecule has 11 heavy (non-hydrogen) atoms. The smallest absolute Gasteiger partial charge is 0.116 e. The molecule has 0 fully saturated rings. The van der Waals surface area contributed by atoms with Gasteiger partial charge in [0.15, 0.2) is 0 Å². The van der Waals surface area contributed by atoms with Gasteiger partial charge in [0.25, 0.3) is 0 Å². The zero-order chi connectivity index (χ0) is 8.78. The van der Waals surface area contributed by atoms with Crippen LogP contribution >= 0.6 is 58.0 Å². The van der Waals surface area contributed by atoms with Crippen LogP contribution in [0.5, 0.6) is 0 Å². The summed E-state index contributed by atoms with van der Waals surface area (Å²) in [4.78, 5) is 0. The monoisotopic (exact) mass is 293 g/mol. The van der Waals surface area contributed by atoms with E-state index in [4.69, 9.17) is 58.0 Å². The van der Waals surface area contributed by atoms with Gasteiger partial charge in [0, 0.05) is 21.7 Å². The first-order chi connectivity index (χ1) is 4.36. The summed E-state index contributed by atoms with van der Waals surface area (Å²) in [6, 6.07) is 0. The van der Waals surface area contributed by atoms with Crippen LogP contribution in [0.4, 0.5) is 0 Å². The number of hydrogen-bond acceptors (Lipinski definition) is 1. The standard InChI is InChI=1S/C3H4Cl3O.CH2Cl2.Ti/c1-3(5,6)2(4)7;2-1-3;/h2H,1H3;1H2;/q-1;;. The Morgan fingerprint density at radius 2 is 1.45 bits per heavy atom. The molecule has 0 aromatic heterocycles. The van der Waals surface area contributed by atoms with Gasteiger partial charge in [0.1, 0.15) is 4.33 Å². The minimum atomic E-state index is -1.45. The maximum Gasteiger partial charge on any atom is 0.116 e. The Morgan fingerprint density at radius 1 is 1.36 bits per heavy atom. The van der Waals surface area contributed by atoms with Crippen molar-refractivity contribution >= 4 is 58.0 Å². The first-order valence-electron chi connectivity index (χ1n) is 2.16. The van der Waals surface area contributed by atoms with Crippen molar-refractivity contribution in [2.24, 2.45) is 0 Å². The molecule has 0 radical (unpaired) electrons. The van der Waals surface area contributed by atoms with E-state index in [0.29, 0.717) is 0 Å². The first-order valence-corrected chi connectivity index (χ1v) is 4.42. The molecule has 0 aromatic carbocycles. The van der Waals surface area contributed by atoms with Crippen LogP contribution in [-0.2, 0) is 21.7 Å². The van der Waals surface area contributed by atoms with Crippen molar-refractivity contribution in [3.8, 4) is 0 Å². The quantitative estimate of drug-likeness (QED) is 0.538. The molecule has 1 unspecified atom stereocenters. The van der Waals surface area contributed by atoms with Crippen molar-refractivity contribution in [2.75, 3.05) is 5.34 Å². The molecule has 1 atom stereocenters. The third kappa shape index (κ3) is 18.8. The second-order valence-electron chi connectivity index (χ2n) is 1.37. The number of alkyl halides is 5. The number of rotatable bonds is 1. The van der Waals surface area contributed by atoms with Crippen molar-refractivity contribution in [2.45, 2.75) is 16.8 Å². The summed E-state index contributed by atoms with van der Waals surface area (Å²) in [6.45, 7) is 1.35. The maximum atomic E-state index is 10.1. The Bertz CT molecular complexity index is 73.4. The van der Waals surface area contributed by atoms with Crippen molar-refractivity contribution in [1.82, 2.24) is 0 Å². The summed E-state index contributed by atoms with van der Waals surface area (Å²) < 4.78 is -1.35. The SMILES string of the molecule is CC(Cl)(Cl)C([O-])Cl.ClCCl.[Ti]. The summed E-state index contributed by atoms with van der Waals surface area (Å²) in [6.07, 6.45) is 0. The van der Waals surface area contributed by atoms with E-state index < -0.39 is 9.90 Å². The molecule has 0 N–H and O–H groups in total. The molecule has 0 aliphatic carbocycles. The summed E-state index contributed by atoms with van der Waals surface area (Å²) in [5.74, 6) is 0. The van der Waals surface area contributed by atoms with Gasteiger partial charge < -0.3 is 5.11 Å². The molecule has 0 aliphatic heterocycles. The van der Waals surface area contributed by atoms with Crippen molar-refractivity contribution in [1.29, 1.82) is 0 Å². The van der Waals surface area contributed by atoms with Crippen LogP contribution in [0.1, 0.15) is 6.92 Å². The molecule has 7 heteroatoms. The molecule has 0 heterocycles. The van der Waals surface area contributed by atoms with Gasteiger partial charge >= 0.3 is 0 Å². The minimum Gasteiger partial charge on any atom is -0.838 e. The van der Waals surface area contributed by atoms with Gasteiger partial charge in [-0.15, -0.1) is 58.0 Å². The third-order valence-corrected chi connectivity index (χ3v) is 1.45. The molecule has 0 aromatic rings. The van der Waals surface area contributed by atoms with Gasteiger partial charge in [-0.1, -0.05) is 0 Å². The molecule has 0 amide bonds. The summed E-state index contributed by atoms with van der Waals surface area (Å²) in [5, 5.41) is 10.2. The van der Waals surface area contributed by atoms with Crippen LogP contribution < -0.4 is 5.11 Å². The molecular formula is C4H6Cl5OTi-. The van der Waals surface area contributed by atoms with Crippen molar-refractivity contribution < 1.29 is 26.8 Å². The van der Waals surface area contributed by atoms with E-state index in [1.54, 1.807) is 0 Å². The molecule has 0 spiro atoms. The van der Waals surface area contributed by atoms with Crippen LogP contribution in [0, 0.1) is 0 Å². The fourth-order valence-corrected chi connectivity index (χ4v) is 0. The van der Waals surface area contributed by atoms with E-state index in [0.717, 1.165) is 0 Å². The van der Waals surface area contributed by atoms with Crippen LogP contribution in [-0.4, -0.2) is 15.2 Å². The number of halogens is 5. The second-order valence-corrected chi connectivity index (χ2v) is 4.34. The van der Waals surface area contributed by atoms with E-state index in [-0.39, 0.29) is 27.1 Å². The fraction of sp³-hybridized carbons (Fsp3) is 1.00. The van der Waals surface area contributed by atoms with Gasteiger partial charge in [-0.2, -0.15) is 0 Å². The molecule has 0 aliphatic rings. The Kier molecular flexibility index (Phi) is 17.5. The largest absolute Gasteiger partial charge is 0.838 e. The van der Waals surface area contributed by atoms with E-state index in [1.807, 2.05) is 0 Å². The van der Waals surface area contributed by atoms with Gasteiger partial charge in [-0.05, 0) is 12.5 Å². The minimum absolute atomic E-state index is 0. The average Bonchev–Trinajstić information content (AvgIpc) is 1.64. The van der Waals surface area contributed by atoms with E-state index in [2.05, 4.69) is 0 Å². The fourth-order valence-electron chi connectivity index (χ4n) is 0. The first kappa shape index (κ1) is 18.8. The summed E-state index contributed by atoms with van der Waals surface area (Å²) in [7, 11) is 0. The Hall–Kier alpha value is 2.12. The van der Waals surface area contributed by atoms with E-state index in [1.165, 1.54) is 6.92 Å². The van der Waals surface area contributed by atoms with E-state index >= 15 is 0 Å². The summed E-state index contributed by atoms with van der Waals surface area (Å²) in [5.41, 5.74) is -1.45. The van der Waals surface area contributed by atoms with Gasteiger partial charge in [0.2, 0.25) is 0 Å². The van der Waals surface area contributed by atoms with Crippen LogP contribution in [0.2, 0.25) is 0 Å². The number of hydrogen-bond donors (Lipinski definition) is 0. The Labute approximate surface area is 106 Å². The summed E-state index contributed by atoms with van der Waals surface area (Å²) >= 11 is 24.8. The molecule has 0 saturated heterocycles. The van der Waals surface area contributed by atoms with Crippen molar-refractivity contribution in [3.63, 3.8) is 0 Å². The average molecular weight is 295 g/mol. The molecule has 1 nitrogen and oxygen atoms in total. The van der Waals surface area contributed by atoms with Crippen LogP contribution in [0.25, 0.3) is 0 Å². The van der Waals surface area contributed by atoms with Crippen LogP contribution in [0.15, 0.2) is 0 Å². The predicted molar refractivity (Wildman–Crippen MR) is 46.3 cm³/mol. The molecule has 0 rings (SSSR count). The van der Waals surface area contributed by atoms with Crippen molar-refractivity contribution in [3.05, 3.63) is 0 Å². The zero-order valence-corrected chi connectivity index (χ0v) is 10.9. The van der Waals surface area contributed by atoms with E-state index in [9.17, 15) is 5.11 Å². The molecule has 0 bridgehead atoms. The molecule has 68 valence electrons. The predicted octanol–water partition coefficient (Wildman–Crippen LogP) is 2.52. The van der Waals surface area contributed by atoms with Gasteiger partial charge in [-0.25, -0.2) is 0 Å². The Morgan fingerprint density at radius 3 is 1.45 bits per heavy atom.